The number of benzene rings is 2. The molecule has 2 N–H and O–H groups in total. The van der Waals surface area contributed by atoms with E-state index in [0.29, 0.717) is 0 Å². The fourth-order valence-corrected chi connectivity index (χ4v) is 2.88. The number of aliphatic hydroxyl groups is 1. The Kier molecular flexibility index (Phi) is 3.76. The zero-order valence-electron chi connectivity index (χ0n) is 11.2. The smallest absolute Gasteiger partial charge is 0.171 e. The van der Waals surface area contributed by atoms with Gasteiger partial charge in [-0.1, -0.05) is 43.0 Å². The highest BCUT2D eigenvalue weighted by Gasteiger charge is 2.06. The molecule has 0 aliphatic heterocycles. The maximum absolute atomic E-state index is 9.78. The molecule has 1 aromatic heterocycles. The van der Waals surface area contributed by atoms with Crippen LogP contribution in [0.5, 0.6) is 0 Å². The Bertz CT molecular complexity index is 673. The van der Waals surface area contributed by atoms with Gasteiger partial charge in [-0.2, -0.15) is 0 Å². The summed E-state index contributed by atoms with van der Waals surface area (Å²) in [6, 6.07) is 16.0. The lowest BCUT2D eigenvalue weighted by Gasteiger charge is -2.08. The Morgan fingerprint density at radius 2 is 1.90 bits per heavy atom. The van der Waals surface area contributed by atoms with Crippen LogP contribution >= 0.6 is 11.8 Å². The lowest BCUT2D eigenvalue weighted by Crippen LogP contribution is -1.94. The van der Waals surface area contributed by atoms with Gasteiger partial charge in [0.2, 0.25) is 0 Å². The monoisotopic (exact) mass is 284 g/mol. The third-order valence-corrected chi connectivity index (χ3v) is 4.13. The number of rotatable bonds is 4. The van der Waals surface area contributed by atoms with Gasteiger partial charge < -0.3 is 10.1 Å². The van der Waals surface area contributed by atoms with Gasteiger partial charge in [-0.25, -0.2) is 4.98 Å². The van der Waals surface area contributed by atoms with Crippen molar-refractivity contribution in [3.8, 4) is 0 Å². The van der Waals surface area contributed by atoms with E-state index in [1.807, 2.05) is 55.5 Å². The van der Waals surface area contributed by atoms with E-state index in [9.17, 15) is 5.11 Å². The molecule has 2 aromatic carbocycles. The molecule has 0 saturated heterocycles. The van der Waals surface area contributed by atoms with Crippen LogP contribution in [-0.4, -0.2) is 15.1 Å². The highest BCUT2D eigenvalue weighted by molar-refractivity contribution is 7.99. The third-order valence-electron chi connectivity index (χ3n) is 3.23. The van der Waals surface area contributed by atoms with E-state index in [4.69, 9.17) is 0 Å². The van der Waals surface area contributed by atoms with Crippen molar-refractivity contribution < 1.29 is 5.11 Å². The number of aromatic nitrogens is 2. The molecule has 0 spiro atoms. The normalized spacial score (nSPS) is 12.7. The van der Waals surface area contributed by atoms with E-state index in [1.165, 1.54) is 0 Å². The zero-order valence-corrected chi connectivity index (χ0v) is 12.0. The molecule has 1 atom stereocenters. The lowest BCUT2D eigenvalue weighted by atomic mass is 10.1. The summed E-state index contributed by atoms with van der Waals surface area (Å²) in [5, 5.41) is 10.7. The van der Waals surface area contributed by atoms with Crippen molar-refractivity contribution in [2.24, 2.45) is 0 Å². The number of fused-ring (bicyclic) bond motifs is 1. The second-order valence-electron chi connectivity index (χ2n) is 4.65. The van der Waals surface area contributed by atoms with Crippen molar-refractivity contribution in [2.75, 3.05) is 0 Å². The van der Waals surface area contributed by atoms with E-state index in [2.05, 4.69) is 9.97 Å². The Morgan fingerprint density at radius 3 is 2.60 bits per heavy atom. The van der Waals surface area contributed by atoms with Gasteiger partial charge >= 0.3 is 0 Å². The molecule has 1 heterocycles. The second-order valence-corrected chi connectivity index (χ2v) is 5.72. The van der Waals surface area contributed by atoms with Crippen molar-refractivity contribution in [1.82, 2.24) is 9.97 Å². The van der Waals surface area contributed by atoms with Gasteiger partial charge in [0.15, 0.2) is 5.16 Å². The van der Waals surface area contributed by atoms with Gasteiger partial charge in [0, 0.05) is 4.90 Å². The van der Waals surface area contributed by atoms with Crippen LogP contribution < -0.4 is 0 Å². The molecule has 0 bridgehead atoms. The minimum Gasteiger partial charge on any atom is -0.388 e. The zero-order chi connectivity index (χ0) is 13.9. The summed E-state index contributed by atoms with van der Waals surface area (Å²) in [5.41, 5.74) is 2.99. The molecule has 0 unspecified atom stereocenters. The summed E-state index contributed by atoms with van der Waals surface area (Å²) in [6.45, 7) is 1.97. The van der Waals surface area contributed by atoms with E-state index in [1.54, 1.807) is 11.8 Å². The molecule has 0 aliphatic carbocycles. The number of imidazole rings is 1. The van der Waals surface area contributed by atoms with Gasteiger partial charge in [0.05, 0.1) is 17.1 Å². The summed E-state index contributed by atoms with van der Waals surface area (Å²) >= 11 is 1.59. The van der Waals surface area contributed by atoms with Crippen LogP contribution in [0.2, 0.25) is 0 Å². The Morgan fingerprint density at radius 1 is 1.15 bits per heavy atom. The lowest BCUT2D eigenvalue weighted by molar-refractivity contribution is 0.173. The molecule has 0 aliphatic rings. The SMILES string of the molecule is CC[C@@H](O)c1ccc(Sc2nc3ccccc3[nH]2)cc1. The fraction of sp³-hybridized carbons (Fsp3) is 0.188. The van der Waals surface area contributed by atoms with Crippen LogP contribution in [0, 0.1) is 0 Å². The van der Waals surface area contributed by atoms with Crippen LogP contribution in [0.3, 0.4) is 0 Å². The molecule has 102 valence electrons. The third kappa shape index (κ3) is 2.71. The van der Waals surface area contributed by atoms with Crippen molar-refractivity contribution >= 4 is 22.8 Å². The number of para-hydroxylation sites is 2. The first-order valence-corrected chi connectivity index (χ1v) is 7.48. The van der Waals surface area contributed by atoms with Gasteiger partial charge in [-0.3, -0.25) is 0 Å². The van der Waals surface area contributed by atoms with Crippen molar-refractivity contribution in [1.29, 1.82) is 0 Å². The largest absolute Gasteiger partial charge is 0.388 e. The van der Waals surface area contributed by atoms with Crippen LogP contribution in [0.1, 0.15) is 25.0 Å². The summed E-state index contributed by atoms with van der Waals surface area (Å²) in [5.74, 6) is 0. The summed E-state index contributed by atoms with van der Waals surface area (Å²) in [6.07, 6.45) is 0.357. The quantitative estimate of drug-likeness (QED) is 0.756. The standard InChI is InChI=1S/C16H16N2OS/c1-2-15(19)11-7-9-12(10-8-11)20-16-17-13-5-3-4-6-14(13)18-16/h3-10,15,19H,2H2,1H3,(H,17,18)/t15-/m1/s1. The summed E-state index contributed by atoms with van der Waals surface area (Å²) in [7, 11) is 0. The van der Waals surface area contributed by atoms with E-state index < -0.39 is 0 Å². The van der Waals surface area contributed by atoms with E-state index in [-0.39, 0.29) is 6.10 Å². The topological polar surface area (TPSA) is 48.9 Å². The van der Waals surface area contributed by atoms with E-state index >= 15 is 0 Å². The maximum atomic E-state index is 9.78. The number of nitrogens with one attached hydrogen (secondary N) is 1. The number of hydrogen-bond acceptors (Lipinski definition) is 3. The molecule has 4 heteroatoms. The predicted molar refractivity (Wildman–Crippen MR) is 81.9 cm³/mol. The van der Waals surface area contributed by atoms with Crippen molar-refractivity contribution in [3.63, 3.8) is 0 Å². The van der Waals surface area contributed by atoms with Gasteiger partial charge in [0.1, 0.15) is 0 Å². The Hall–Kier alpha value is -1.78. The van der Waals surface area contributed by atoms with Crippen LogP contribution in [0.4, 0.5) is 0 Å². The molecular formula is C16H16N2OS. The summed E-state index contributed by atoms with van der Waals surface area (Å²) in [4.78, 5) is 8.94. The molecule has 0 radical (unpaired) electrons. The molecule has 0 saturated carbocycles. The van der Waals surface area contributed by atoms with Crippen molar-refractivity contribution in [2.45, 2.75) is 29.5 Å². The average molecular weight is 284 g/mol. The average Bonchev–Trinajstić information content (AvgIpc) is 2.89. The van der Waals surface area contributed by atoms with Crippen LogP contribution in [0.25, 0.3) is 11.0 Å². The number of H-pyrrole nitrogens is 1. The number of nitrogens with zero attached hydrogens (tertiary/aromatic N) is 1. The molecule has 0 amide bonds. The Balaban J connectivity index is 1.80. The molecule has 3 nitrogen and oxygen atoms in total. The fourth-order valence-electron chi connectivity index (χ4n) is 2.08. The maximum Gasteiger partial charge on any atom is 0.171 e. The number of hydrogen-bond donors (Lipinski definition) is 2. The van der Waals surface area contributed by atoms with Gasteiger partial charge in [-0.15, -0.1) is 0 Å². The first-order chi connectivity index (χ1) is 9.76. The highest BCUT2D eigenvalue weighted by atomic mass is 32.2. The number of aliphatic hydroxyl groups excluding tert-OH is 1. The van der Waals surface area contributed by atoms with Crippen LogP contribution in [-0.2, 0) is 0 Å². The molecule has 3 rings (SSSR count). The van der Waals surface area contributed by atoms with E-state index in [0.717, 1.165) is 33.1 Å². The molecule has 20 heavy (non-hydrogen) atoms. The minimum absolute atomic E-state index is 0.375. The Labute approximate surface area is 122 Å². The van der Waals surface area contributed by atoms with Crippen LogP contribution in [0.15, 0.2) is 58.6 Å². The molecular weight excluding hydrogens is 268 g/mol. The highest BCUT2D eigenvalue weighted by Crippen LogP contribution is 2.28. The van der Waals surface area contributed by atoms with Gasteiger partial charge in [0.25, 0.3) is 0 Å². The minimum atomic E-state index is -0.375. The first-order valence-electron chi connectivity index (χ1n) is 6.67. The molecule has 0 fully saturated rings. The first kappa shape index (κ1) is 13.2. The van der Waals surface area contributed by atoms with Crippen molar-refractivity contribution in [3.05, 3.63) is 54.1 Å². The van der Waals surface area contributed by atoms with Gasteiger partial charge in [-0.05, 0) is 36.2 Å². The number of aromatic amines is 1. The predicted octanol–water partition coefficient (Wildman–Crippen LogP) is 4.16. The second kappa shape index (κ2) is 5.69. The molecule has 3 aromatic rings. The summed E-state index contributed by atoms with van der Waals surface area (Å²) < 4.78 is 0.